The Bertz CT molecular complexity index is 916. The molecule has 0 unspecified atom stereocenters. The number of hydrogen-bond acceptors (Lipinski definition) is 4. The van der Waals surface area contributed by atoms with Crippen molar-refractivity contribution in [3.05, 3.63) is 34.9 Å². The fourth-order valence-electron chi connectivity index (χ4n) is 5.82. The zero-order valence-electron chi connectivity index (χ0n) is 17.2. The van der Waals surface area contributed by atoms with E-state index in [2.05, 4.69) is 4.72 Å². The van der Waals surface area contributed by atoms with Crippen molar-refractivity contribution in [2.75, 3.05) is 31.9 Å². The van der Waals surface area contributed by atoms with Gasteiger partial charge in [0.15, 0.2) is 0 Å². The lowest BCUT2D eigenvalue weighted by molar-refractivity contribution is -0.137. The molecule has 1 N–H and O–H groups in total. The lowest BCUT2D eigenvalue weighted by atomic mass is 9.56. The Labute approximate surface area is 184 Å². The second kappa shape index (κ2) is 7.31. The Balaban J connectivity index is 1.11. The number of nitrogens with one attached hydrogen (secondary N) is 1. The zero-order chi connectivity index (χ0) is 21.9. The Morgan fingerprint density at radius 2 is 1.90 bits per heavy atom. The number of nitriles is 1. The molecule has 0 atom stereocenters. The monoisotopic (exact) mass is 450 g/mol. The lowest BCUT2D eigenvalue weighted by Gasteiger charge is -2.61. The molecule has 3 heterocycles. The van der Waals surface area contributed by atoms with Crippen molar-refractivity contribution in [3.8, 4) is 6.07 Å². The van der Waals surface area contributed by atoms with Gasteiger partial charge in [0.05, 0.1) is 22.7 Å². The van der Waals surface area contributed by atoms with Crippen LogP contribution in [0.2, 0.25) is 0 Å². The van der Waals surface area contributed by atoms with Crippen LogP contribution in [0.25, 0.3) is 0 Å². The second-order valence-electron chi connectivity index (χ2n) is 9.84. The maximum absolute atomic E-state index is 13.1. The van der Waals surface area contributed by atoms with Gasteiger partial charge in [-0.05, 0) is 61.8 Å². The van der Waals surface area contributed by atoms with Crippen molar-refractivity contribution in [2.45, 2.75) is 43.8 Å². The maximum Gasteiger partial charge on any atom is 0.416 e. The van der Waals surface area contributed by atoms with Gasteiger partial charge >= 0.3 is 12.2 Å². The van der Waals surface area contributed by atoms with E-state index in [0.717, 1.165) is 57.3 Å². The first-order chi connectivity index (χ1) is 14.7. The van der Waals surface area contributed by atoms with E-state index < -0.39 is 11.7 Å². The van der Waals surface area contributed by atoms with Crippen LogP contribution in [0.5, 0.6) is 0 Å². The molecule has 3 saturated heterocycles. The first-order valence-corrected chi connectivity index (χ1v) is 11.7. The molecule has 0 bridgehead atoms. The molecule has 31 heavy (non-hydrogen) atoms. The van der Waals surface area contributed by atoms with E-state index in [-0.39, 0.29) is 22.5 Å². The summed E-state index contributed by atoms with van der Waals surface area (Å²) in [6.45, 7) is 3.06. The van der Waals surface area contributed by atoms with Crippen molar-refractivity contribution in [1.29, 1.82) is 5.26 Å². The Morgan fingerprint density at radius 1 is 1.19 bits per heavy atom. The van der Waals surface area contributed by atoms with Crippen LogP contribution in [0, 0.1) is 22.7 Å². The fourth-order valence-corrected chi connectivity index (χ4v) is 6.75. The third-order valence-corrected chi connectivity index (χ3v) is 8.26. The van der Waals surface area contributed by atoms with Crippen LogP contribution in [0.3, 0.4) is 0 Å². The molecule has 1 aromatic rings. The smallest absolute Gasteiger partial charge is 0.323 e. The van der Waals surface area contributed by atoms with Crippen LogP contribution in [-0.2, 0) is 12.6 Å². The van der Waals surface area contributed by atoms with Crippen LogP contribution < -0.4 is 4.72 Å². The number of alkyl halides is 3. The first kappa shape index (κ1) is 21.0. The number of hydrogen-bond donors (Lipinski definition) is 1. The number of urea groups is 1. The summed E-state index contributed by atoms with van der Waals surface area (Å²) in [6.07, 6.45) is 0.271. The number of benzene rings is 1. The van der Waals surface area contributed by atoms with Gasteiger partial charge in [-0.1, -0.05) is 11.9 Å². The molecule has 4 aliphatic rings. The number of carbonyl (C=O) groups is 1. The molecule has 0 aromatic heterocycles. The Kier molecular flexibility index (Phi) is 4.94. The number of likely N-dealkylation sites (tertiary alicyclic amines) is 2. The van der Waals surface area contributed by atoms with Crippen molar-refractivity contribution >= 4 is 18.0 Å². The molecular formula is C22H25F3N4OS. The lowest BCUT2D eigenvalue weighted by Crippen LogP contribution is -2.74. The fraction of sp³-hybridized carbons (Fsp3) is 0.636. The highest BCUT2D eigenvalue weighted by Crippen LogP contribution is 2.53. The van der Waals surface area contributed by atoms with Gasteiger partial charge < -0.3 is 9.80 Å². The Hall–Kier alpha value is -1.92. The van der Waals surface area contributed by atoms with Crippen LogP contribution in [0.15, 0.2) is 18.2 Å². The molecule has 9 heteroatoms. The van der Waals surface area contributed by atoms with Gasteiger partial charge in [-0.3, -0.25) is 4.72 Å². The molecule has 4 fully saturated rings. The minimum absolute atomic E-state index is 0.0532. The molecule has 1 aliphatic carbocycles. The minimum atomic E-state index is -4.45. The van der Waals surface area contributed by atoms with Gasteiger partial charge in [-0.15, -0.1) is 0 Å². The first-order valence-electron chi connectivity index (χ1n) is 10.7. The number of nitrogens with zero attached hydrogens (tertiary/aromatic N) is 3. The van der Waals surface area contributed by atoms with Crippen molar-refractivity contribution in [3.63, 3.8) is 0 Å². The SMILES string of the molecule is N#Cc1cc(CC2CC3(C2)CN(C(=O)N2CC4(CCCSN4)C2)C3)cc(C(F)(F)F)c1. The molecule has 2 amide bonds. The van der Waals surface area contributed by atoms with Gasteiger partial charge in [0.1, 0.15) is 0 Å². The highest BCUT2D eigenvalue weighted by molar-refractivity contribution is 7.97. The van der Waals surface area contributed by atoms with Crippen molar-refractivity contribution < 1.29 is 18.0 Å². The summed E-state index contributed by atoms with van der Waals surface area (Å²) >= 11 is 1.76. The molecule has 1 saturated carbocycles. The molecule has 3 aliphatic heterocycles. The molecular weight excluding hydrogens is 425 g/mol. The largest absolute Gasteiger partial charge is 0.416 e. The number of amides is 2. The van der Waals surface area contributed by atoms with Crippen LogP contribution in [0.4, 0.5) is 18.0 Å². The van der Waals surface area contributed by atoms with Crippen molar-refractivity contribution in [1.82, 2.24) is 14.5 Å². The van der Waals surface area contributed by atoms with Gasteiger partial charge in [0, 0.05) is 37.3 Å². The van der Waals surface area contributed by atoms with Crippen molar-refractivity contribution in [2.24, 2.45) is 11.3 Å². The number of rotatable bonds is 2. The molecule has 5 nitrogen and oxygen atoms in total. The highest BCUT2D eigenvalue weighted by atomic mass is 32.2. The van der Waals surface area contributed by atoms with E-state index in [1.54, 1.807) is 18.0 Å². The van der Waals surface area contributed by atoms with Gasteiger partial charge in [0.25, 0.3) is 0 Å². The quantitative estimate of drug-likeness (QED) is 0.691. The van der Waals surface area contributed by atoms with Gasteiger partial charge in [0.2, 0.25) is 0 Å². The van der Waals surface area contributed by atoms with E-state index >= 15 is 0 Å². The predicted molar refractivity (Wildman–Crippen MR) is 111 cm³/mol. The van der Waals surface area contributed by atoms with E-state index in [1.807, 2.05) is 15.9 Å². The highest BCUT2D eigenvalue weighted by Gasteiger charge is 2.56. The predicted octanol–water partition coefficient (Wildman–Crippen LogP) is 4.04. The molecule has 5 rings (SSSR count). The molecule has 1 aromatic carbocycles. The topological polar surface area (TPSA) is 59.4 Å². The molecule has 0 radical (unpaired) electrons. The zero-order valence-corrected chi connectivity index (χ0v) is 18.0. The Morgan fingerprint density at radius 3 is 2.52 bits per heavy atom. The summed E-state index contributed by atoms with van der Waals surface area (Å²) in [5, 5.41) is 9.06. The summed E-state index contributed by atoms with van der Waals surface area (Å²) < 4.78 is 42.7. The second-order valence-corrected chi connectivity index (χ2v) is 10.7. The number of carbonyl (C=O) groups excluding carboxylic acids is 1. The van der Waals surface area contributed by atoms with E-state index in [4.69, 9.17) is 5.26 Å². The maximum atomic E-state index is 13.1. The average molecular weight is 451 g/mol. The summed E-state index contributed by atoms with van der Waals surface area (Å²) in [5.41, 5.74) is 0.117. The minimum Gasteiger partial charge on any atom is -0.323 e. The third-order valence-electron chi connectivity index (χ3n) is 7.19. The third kappa shape index (κ3) is 3.89. The molecule has 166 valence electrons. The van der Waals surface area contributed by atoms with Crippen LogP contribution >= 0.6 is 11.9 Å². The summed E-state index contributed by atoms with van der Waals surface area (Å²) in [5.74, 6) is 1.44. The number of halogens is 3. The summed E-state index contributed by atoms with van der Waals surface area (Å²) in [7, 11) is 0. The van der Waals surface area contributed by atoms with E-state index in [9.17, 15) is 18.0 Å². The van der Waals surface area contributed by atoms with Gasteiger partial charge in [-0.2, -0.15) is 18.4 Å². The van der Waals surface area contributed by atoms with Crippen LogP contribution in [0.1, 0.15) is 42.4 Å². The van der Waals surface area contributed by atoms with E-state index in [0.29, 0.717) is 17.9 Å². The van der Waals surface area contributed by atoms with Crippen LogP contribution in [-0.4, -0.2) is 53.3 Å². The molecule has 2 spiro atoms. The normalized spacial score (nSPS) is 24.3. The summed E-state index contributed by atoms with van der Waals surface area (Å²) in [4.78, 5) is 16.6. The van der Waals surface area contributed by atoms with E-state index in [1.165, 1.54) is 12.5 Å². The summed E-state index contributed by atoms with van der Waals surface area (Å²) in [6, 6.07) is 5.59. The van der Waals surface area contributed by atoms with Gasteiger partial charge in [-0.25, -0.2) is 4.79 Å². The average Bonchev–Trinajstić information content (AvgIpc) is 2.66. The standard InChI is InChI=1S/C22H25F3N4OS/c23-22(24,25)18-6-15(4-16(7-18)10-26)5-17-8-20(9-17)11-28(12-20)19(30)29-13-21(14-29)2-1-3-31-27-21/h4,6-7,17,27H,1-3,5,8-9,11-14H2.